The summed E-state index contributed by atoms with van der Waals surface area (Å²) < 4.78 is 32.4. The number of sulfonamides is 1. The van der Waals surface area contributed by atoms with Crippen LogP contribution in [0, 0.1) is 5.41 Å². The van der Waals surface area contributed by atoms with Crippen LogP contribution in [-0.4, -0.2) is 43.9 Å². The highest BCUT2D eigenvalue weighted by Crippen LogP contribution is 2.27. The van der Waals surface area contributed by atoms with Gasteiger partial charge in [-0.1, -0.05) is 6.07 Å². The second-order valence-electron chi connectivity index (χ2n) is 6.84. The number of ether oxygens (including phenoxy) is 1. The van der Waals surface area contributed by atoms with Gasteiger partial charge in [0.25, 0.3) is 0 Å². The van der Waals surface area contributed by atoms with Crippen molar-refractivity contribution in [2.45, 2.75) is 30.7 Å². The Labute approximate surface area is 185 Å². The summed E-state index contributed by atoms with van der Waals surface area (Å²) in [6.07, 6.45) is 0.478. The number of amides is 1. The van der Waals surface area contributed by atoms with Crippen molar-refractivity contribution in [1.29, 1.82) is 5.41 Å². The number of nitrogens with one attached hydrogen (secondary N) is 3. The fourth-order valence-electron chi connectivity index (χ4n) is 2.60. The third-order valence-electron chi connectivity index (χ3n) is 4.31. The highest BCUT2D eigenvalue weighted by atomic mass is 32.2. The molecular formula is C20H25N5O6S. The third-order valence-corrected chi connectivity index (χ3v) is 5.91. The molecule has 2 aromatic rings. The molecule has 32 heavy (non-hydrogen) atoms. The van der Waals surface area contributed by atoms with E-state index in [2.05, 4.69) is 5.32 Å². The highest BCUT2D eigenvalue weighted by molar-refractivity contribution is 7.89. The van der Waals surface area contributed by atoms with Gasteiger partial charge in [-0.25, -0.2) is 8.42 Å². The number of para-hydroxylation sites is 1. The van der Waals surface area contributed by atoms with Gasteiger partial charge in [0.1, 0.15) is 22.5 Å². The Kier molecular flexibility index (Phi) is 8.15. The molecule has 0 aliphatic carbocycles. The number of nitrogens with two attached hydrogens (primary N) is 2. The van der Waals surface area contributed by atoms with E-state index in [-0.39, 0.29) is 35.1 Å². The molecule has 0 aliphatic heterocycles. The van der Waals surface area contributed by atoms with Crippen LogP contribution in [0.2, 0.25) is 0 Å². The molecule has 11 nitrogen and oxygen atoms in total. The first-order chi connectivity index (χ1) is 15.0. The number of carbonyl (C=O) groups excluding carboxylic acids is 1. The van der Waals surface area contributed by atoms with Gasteiger partial charge in [-0.2, -0.15) is 4.72 Å². The summed E-state index contributed by atoms with van der Waals surface area (Å²) in [6.45, 7) is 1.44. The SMILES string of the molecule is C[C@H](NS(=O)(=O)c1cccc(NC(=O)CCCOc2ccc(C(=N)N)cc2)c1N)C(=O)O. The van der Waals surface area contributed by atoms with E-state index < -0.39 is 27.9 Å². The summed E-state index contributed by atoms with van der Waals surface area (Å²) in [5, 5.41) is 18.8. The van der Waals surface area contributed by atoms with Crippen molar-refractivity contribution in [3.05, 3.63) is 48.0 Å². The molecule has 0 fully saturated rings. The van der Waals surface area contributed by atoms with Gasteiger partial charge in [0.05, 0.1) is 18.0 Å². The van der Waals surface area contributed by atoms with E-state index in [1.54, 1.807) is 24.3 Å². The van der Waals surface area contributed by atoms with Crippen LogP contribution in [0.4, 0.5) is 11.4 Å². The number of aliphatic carboxylic acids is 1. The Bertz CT molecular complexity index is 1100. The van der Waals surface area contributed by atoms with Crippen LogP contribution in [-0.2, 0) is 19.6 Å². The van der Waals surface area contributed by atoms with Crippen molar-refractivity contribution in [3.8, 4) is 5.75 Å². The minimum atomic E-state index is -4.20. The highest BCUT2D eigenvalue weighted by Gasteiger charge is 2.24. The summed E-state index contributed by atoms with van der Waals surface area (Å²) in [5.74, 6) is -1.21. The molecule has 0 bridgehead atoms. The van der Waals surface area contributed by atoms with Crippen molar-refractivity contribution in [2.75, 3.05) is 17.7 Å². The van der Waals surface area contributed by atoms with Crippen molar-refractivity contribution in [2.24, 2.45) is 5.73 Å². The Morgan fingerprint density at radius 3 is 2.44 bits per heavy atom. The summed E-state index contributed by atoms with van der Waals surface area (Å²) in [4.78, 5) is 22.8. The van der Waals surface area contributed by atoms with E-state index in [0.717, 1.165) is 0 Å². The molecule has 0 unspecified atom stereocenters. The van der Waals surface area contributed by atoms with Crippen LogP contribution in [0.15, 0.2) is 47.4 Å². The van der Waals surface area contributed by atoms with Gasteiger partial charge < -0.3 is 26.6 Å². The smallest absolute Gasteiger partial charge is 0.321 e. The third kappa shape index (κ3) is 6.68. The zero-order valence-electron chi connectivity index (χ0n) is 17.3. The molecule has 2 rings (SSSR count). The standard InChI is InChI=1S/C20H25N5O6S/c1-12(20(27)28)25-32(29,30)16-5-2-4-15(18(16)21)24-17(26)6-3-11-31-14-9-7-13(8-10-14)19(22)23/h2,4-5,7-10,12,25H,3,6,11,21H2,1H3,(H3,22,23)(H,24,26)(H,27,28)/t12-/m0/s1. The maximum absolute atomic E-state index is 12.4. The lowest BCUT2D eigenvalue weighted by Crippen LogP contribution is -2.38. The number of nitrogen functional groups attached to an aromatic ring is 2. The van der Waals surface area contributed by atoms with E-state index >= 15 is 0 Å². The van der Waals surface area contributed by atoms with Crippen LogP contribution < -0.4 is 26.2 Å². The molecule has 0 saturated heterocycles. The molecule has 0 heterocycles. The topological polar surface area (TPSA) is 198 Å². The van der Waals surface area contributed by atoms with Crippen LogP contribution in [0.5, 0.6) is 5.75 Å². The van der Waals surface area contributed by atoms with Gasteiger partial charge in [0, 0.05) is 12.0 Å². The molecule has 1 atom stereocenters. The fourth-order valence-corrected chi connectivity index (χ4v) is 3.95. The van der Waals surface area contributed by atoms with Crippen molar-refractivity contribution in [3.63, 3.8) is 0 Å². The summed E-state index contributed by atoms with van der Waals surface area (Å²) >= 11 is 0. The summed E-state index contributed by atoms with van der Waals surface area (Å²) in [5.41, 5.74) is 11.8. The van der Waals surface area contributed by atoms with E-state index in [1.807, 2.05) is 4.72 Å². The normalized spacial score (nSPS) is 12.0. The van der Waals surface area contributed by atoms with E-state index in [0.29, 0.717) is 17.7 Å². The number of anilines is 2. The molecule has 0 aliphatic rings. The number of carboxylic acids is 1. The zero-order valence-corrected chi connectivity index (χ0v) is 18.1. The van der Waals surface area contributed by atoms with E-state index in [1.165, 1.54) is 25.1 Å². The number of carbonyl (C=O) groups is 2. The average molecular weight is 464 g/mol. The van der Waals surface area contributed by atoms with Gasteiger partial charge in [-0.05, 0) is 49.7 Å². The first-order valence-electron chi connectivity index (χ1n) is 9.52. The first-order valence-corrected chi connectivity index (χ1v) is 11.0. The van der Waals surface area contributed by atoms with Crippen molar-refractivity contribution in [1.82, 2.24) is 4.72 Å². The van der Waals surface area contributed by atoms with E-state index in [4.69, 9.17) is 26.7 Å². The number of hydrogen-bond acceptors (Lipinski definition) is 7. The maximum atomic E-state index is 12.4. The fraction of sp³-hybridized carbons (Fsp3) is 0.250. The monoisotopic (exact) mass is 463 g/mol. The van der Waals surface area contributed by atoms with E-state index in [9.17, 15) is 18.0 Å². The lowest BCUT2D eigenvalue weighted by molar-refractivity contribution is -0.138. The lowest BCUT2D eigenvalue weighted by atomic mass is 10.2. The van der Waals surface area contributed by atoms with Crippen LogP contribution in [0.1, 0.15) is 25.3 Å². The molecule has 0 radical (unpaired) electrons. The minimum Gasteiger partial charge on any atom is -0.494 e. The molecule has 0 spiro atoms. The van der Waals surface area contributed by atoms with Crippen molar-refractivity contribution >= 4 is 39.1 Å². The van der Waals surface area contributed by atoms with Crippen LogP contribution in [0.3, 0.4) is 0 Å². The predicted octanol–water partition coefficient (Wildman–Crippen LogP) is 1.10. The molecule has 1 amide bonds. The number of benzene rings is 2. The Hall–Kier alpha value is -3.64. The Balaban J connectivity index is 1.92. The van der Waals surface area contributed by atoms with Crippen molar-refractivity contribution < 1.29 is 27.9 Å². The average Bonchev–Trinajstić information content (AvgIpc) is 2.72. The quantitative estimate of drug-likeness (QED) is 0.123. The molecule has 172 valence electrons. The Morgan fingerprint density at radius 1 is 1.19 bits per heavy atom. The molecule has 0 aromatic heterocycles. The van der Waals surface area contributed by atoms with Gasteiger partial charge in [-0.15, -0.1) is 0 Å². The lowest BCUT2D eigenvalue weighted by Gasteiger charge is -2.15. The number of carboxylic acid groups (broad SMARTS) is 1. The maximum Gasteiger partial charge on any atom is 0.321 e. The first kappa shape index (κ1) is 24.6. The van der Waals surface area contributed by atoms with Gasteiger partial charge in [0.15, 0.2) is 0 Å². The number of rotatable bonds is 11. The summed E-state index contributed by atoms with van der Waals surface area (Å²) in [6, 6.07) is 9.34. The van der Waals surface area contributed by atoms with Crippen LogP contribution >= 0.6 is 0 Å². The van der Waals surface area contributed by atoms with Gasteiger partial charge >= 0.3 is 5.97 Å². The number of amidine groups is 1. The van der Waals surface area contributed by atoms with Gasteiger partial charge in [0.2, 0.25) is 15.9 Å². The molecule has 12 heteroatoms. The molecule has 8 N–H and O–H groups in total. The predicted molar refractivity (Wildman–Crippen MR) is 119 cm³/mol. The molecule has 0 saturated carbocycles. The second-order valence-corrected chi connectivity index (χ2v) is 8.52. The Morgan fingerprint density at radius 2 is 1.84 bits per heavy atom. The number of hydrogen-bond donors (Lipinski definition) is 6. The second kappa shape index (κ2) is 10.6. The molecule has 2 aromatic carbocycles. The molecular weight excluding hydrogens is 438 g/mol. The minimum absolute atomic E-state index is 0.0449. The largest absolute Gasteiger partial charge is 0.494 e. The van der Waals surface area contributed by atoms with Gasteiger partial charge in [-0.3, -0.25) is 15.0 Å². The summed E-state index contributed by atoms with van der Waals surface area (Å²) in [7, 11) is -4.20. The zero-order chi connectivity index (χ0) is 23.9. The van der Waals surface area contributed by atoms with Crippen LogP contribution in [0.25, 0.3) is 0 Å².